The monoisotopic (exact) mass is 289 g/mol. The van der Waals surface area contributed by atoms with E-state index in [1.54, 1.807) is 42.5 Å². The van der Waals surface area contributed by atoms with Crippen molar-refractivity contribution in [1.82, 2.24) is 5.43 Å². The molecule has 0 radical (unpaired) electrons. The van der Waals surface area contributed by atoms with Crippen molar-refractivity contribution in [2.45, 2.75) is 0 Å². The molecule has 0 aromatic heterocycles. The second-order valence-electron chi connectivity index (χ2n) is 3.99. The van der Waals surface area contributed by atoms with E-state index in [-0.39, 0.29) is 5.91 Å². The van der Waals surface area contributed by atoms with Crippen LogP contribution in [0.4, 0.5) is 5.69 Å². The number of carbonyl (C=O) groups excluding carboxylic acids is 2. The molecule has 6 heteroatoms. The first-order valence-corrected chi connectivity index (χ1v) is 6.16. The van der Waals surface area contributed by atoms with Gasteiger partial charge in [0.2, 0.25) is 0 Å². The predicted octanol–water partition coefficient (Wildman–Crippen LogP) is 2.20. The summed E-state index contributed by atoms with van der Waals surface area (Å²) in [6.07, 6.45) is 0. The maximum Gasteiger partial charge on any atom is 0.265 e. The first-order chi connectivity index (χ1) is 9.61. The Morgan fingerprint density at radius 3 is 2.45 bits per heavy atom. The van der Waals surface area contributed by atoms with Gasteiger partial charge in [0.1, 0.15) is 0 Å². The lowest BCUT2D eigenvalue weighted by Crippen LogP contribution is -2.30. The normalized spacial score (nSPS) is 9.90. The van der Waals surface area contributed by atoms with E-state index in [2.05, 4.69) is 5.32 Å². The fraction of sp³-hybridized carbons (Fsp3) is 0. The Labute approximate surface area is 120 Å². The van der Waals surface area contributed by atoms with Crippen molar-refractivity contribution in [3.8, 4) is 0 Å². The fourth-order valence-electron chi connectivity index (χ4n) is 1.67. The number of nitrogens with two attached hydrogens (primary N) is 1. The quantitative estimate of drug-likeness (QED) is 0.460. The molecular weight excluding hydrogens is 278 g/mol. The maximum absolute atomic E-state index is 12.1. The Kier molecular flexibility index (Phi) is 4.34. The topological polar surface area (TPSA) is 84.2 Å². The molecule has 0 atom stereocenters. The van der Waals surface area contributed by atoms with Crippen LogP contribution in [0.5, 0.6) is 0 Å². The third kappa shape index (κ3) is 3.14. The summed E-state index contributed by atoms with van der Waals surface area (Å²) in [7, 11) is 0. The molecule has 0 unspecified atom stereocenters. The number of amides is 2. The Morgan fingerprint density at radius 1 is 1.00 bits per heavy atom. The predicted molar refractivity (Wildman–Crippen MR) is 77.5 cm³/mol. The highest BCUT2D eigenvalue weighted by atomic mass is 35.5. The molecular formula is C14H12ClN3O2. The molecule has 0 aliphatic carbocycles. The zero-order valence-electron chi connectivity index (χ0n) is 10.4. The molecule has 2 amide bonds. The number of hydrogen-bond donors (Lipinski definition) is 3. The first-order valence-electron chi connectivity index (χ1n) is 5.78. The molecule has 0 bridgehead atoms. The van der Waals surface area contributed by atoms with Crippen LogP contribution in [0.2, 0.25) is 5.02 Å². The summed E-state index contributed by atoms with van der Waals surface area (Å²) >= 11 is 5.95. The Balaban J connectivity index is 2.20. The number of nitrogen functional groups attached to an aromatic ring is 1. The number of carbonyl (C=O) groups is 2. The van der Waals surface area contributed by atoms with Crippen LogP contribution in [0.3, 0.4) is 0 Å². The highest BCUT2D eigenvalue weighted by Crippen LogP contribution is 2.17. The minimum Gasteiger partial charge on any atom is -0.322 e. The molecule has 0 fully saturated rings. The van der Waals surface area contributed by atoms with Crippen LogP contribution < -0.4 is 16.6 Å². The van der Waals surface area contributed by atoms with Crippen molar-refractivity contribution in [3.63, 3.8) is 0 Å². The molecule has 0 spiro atoms. The van der Waals surface area contributed by atoms with Gasteiger partial charge in [0, 0.05) is 11.3 Å². The smallest absolute Gasteiger partial charge is 0.265 e. The van der Waals surface area contributed by atoms with E-state index in [1.165, 1.54) is 6.07 Å². The molecule has 2 aromatic rings. The van der Waals surface area contributed by atoms with Crippen molar-refractivity contribution >= 4 is 29.1 Å². The number of rotatable bonds is 3. The zero-order valence-corrected chi connectivity index (χ0v) is 11.1. The molecule has 0 aliphatic heterocycles. The molecule has 0 saturated carbocycles. The number of anilines is 1. The molecule has 2 aromatic carbocycles. The second-order valence-corrected chi connectivity index (χ2v) is 4.40. The summed E-state index contributed by atoms with van der Waals surface area (Å²) in [5, 5.41) is 3.04. The molecule has 0 saturated heterocycles. The minimum absolute atomic E-state index is 0.346. The van der Waals surface area contributed by atoms with Gasteiger partial charge in [-0.25, -0.2) is 5.84 Å². The van der Waals surface area contributed by atoms with Crippen molar-refractivity contribution in [3.05, 3.63) is 64.7 Å². The average molecular weight is 290 g/mol. The standard InChI is InChI=1S/C14H12ClN3O2/c15-12-7-2-1-6-11(12)14(20)17-10-5-3-4-9(8-10)13(19)18-16/h1-8H,16H2,(H,17,20)(H,18,19). The van der Waals surface area contributed by atoms with E-state index in [4.69, 9.17) is 17.4 Å². The average Bonchev–Trinajstić information content (AvgIpc) is 2.47. The first kappa shape index (κ1) is 14.0. The van der Waals surface area contributed by atoms with E-state index >= 15 is 0 Å². The zero-order chi connectivity index (χ0) is 14.5. The van der Waals surface area contributed by atoms with E-state index in [0.29, 0.717) is 21.8 Å². The Morgan fingerprint density at radius 2 is 1.75 bits per heavy atom. The molecule has 0 aliphatic rings. The molecule has 4 N–H and O–H groups in total. The van der Waals surface area contributed by atoms with Crippen LogP contribution in [-0.4, -0.2) is 11.8 Å². The van der Waals surface area contributed by atoms with Gasteiger partial charge in [0.15, 0.2) is 0 Å². The van der Waals surface area contributed by atoms with Gasteiger partial charge >= 0.3 is 0 Å². The van der Waals surface area contributed by atoms with Crippen molar-refractivity contribution in [2.24, 2.45) is 5.84 Å². The number of hydrogen-bond acceptors (Lipinski definition) is 3. The van der Waals surface area contributed by atoms with Gasteiger partial charge in [-0.3, -0.25) is 15.0 Å². The molecule has 2 rings (SSSR count). The minimum atomic E-state index is -0.432. The lowest BCUT2D eigenvalue weighted by atomic mass is 10.1. The van der Waals surface area contributed by atoms with Gasteiger partial charge in [-0.05, 0) is 30.3 Å². The third-order valence-corrected chi connectivity index (χ3v) is 2.96. The fourth-order valence-corrected chi connectivity index (χ4v) is 1.89. The second kappa shape index (κ2) is 6.18. The SMILES string of the molecule is NNC(=O)c1cccc(NC(=O)c2ccccc2Cl)c1. The van der Waals surface area contributed by atoms with Crippen LogP contribution in [0.25, 0.3) is 0 Å². The summed E-state index contributed by atoms with van der Waals surface area (Å²) in [6.45, 7) is 0. The lowest BCUT2D eigenvalue weighted by molar-refractivity contribution is 0.0952. The lowest BCUT2D eigenvalue weighted by Gasteiger charge is -2.08. The van der Waals surface area contributed by atoms with Gasteiger partial charge in [-0.1, -0.05) is 29.8 Å². The molecule has 0 heterocycles. The summed E-state index contributed by atoms with van der Waals surface area (Å²) in [5.41, 5.74) is 3.23. The highest BCUT2D eigenvalue weighted by molar-refractivity contribution is 6.34. The van der Waals surface area contributed by atoms with Gasteiger partial charge in [-0.15, -0.1) is 0 Å². The van der Waals surface area contributed by atoms with Crippen molar-refractivity contribution < 1.29 is 9.59 Å². The molecule has 102 valence electrons. The number of hydrazine groups is 1. The van der Waals surface area contributed by atoms with Gasteiger partial charge in [0.05, 0.1) is 10.6 Å². The van der Waals surface area contributed by atoms with Crippen molar-refractivity contribution in [2.75, 3.05) is 5.32 Å². The largest absolute Gasteiger partial charge is 0.322 e. The third-order valence-electron chi connectivity index (χ3n) is 2.63. The summed E-state index contributed by atoms with van der Waals surface area (Å²) in [6, 6.07) is 13.1. The van der Waals surface area contributed by atoms with E-state index in [9.17, 15) is 9.59 Å². The highest BCUT2D eigenvalue weighted by Gasteiger charge is 2.11. The maximum atomic E-state index is 12.1. The van der Waals surface area contributed by atoms with Crippen molar-refractivity contribution in [1.29, 1.82) is 0 Å². The van der Waals surface area contributed by atoms with Gasteiger partial charge < -0.3 is 5.32 Å². The van der Waals surface area contributed by atoms with E-state index in [0.717, 1.165) is 0 Å². The summed E-state index contributed by atoms with van der Waals surface area (Å²) < 4.78 is 0. The molecule has 20 heavy (non-hydrogen) atoms. The van der Waals surface area contributed by atoms with Crippen LogP contribution in [0.1, 0.15) is 20.7 Å². The van der Waals surface area contributed by atoms with Crippen LogP contribution in [0.15, 0.2) is 48.5 Å². The van der Waals surface area contributed by atoms with Crippen LogP contribution >= 0.6 is 11.6 Å². The summed E-state index contributed by atoms with van der Waals surface area (Å²) in [5.74, 6) is 4.28. The van der Waals surface area contributed by atoms with Crippen LogP contribution in [-0.2, 0) is 0 Å². The van der Waals surface area contributed by atoms with E-state index in [1.807, 2.05) is 5.43 Å². The Bertz CT molecular complexity index is 658. The Hall–Kier alpha value is -2.37. The van der Waals surface area contributed by atoms with E-state index < -0.39 is 5.91 Å². The van der Waals surface area contributed by atoms with Gasteiger partial charge in [-0.2, -0.15) is 0 Å². The number of benzene rings is 2. The number of halogens is 1. The van der Waals surface area contributed by atoms with Gasteiger partial charge in [0.25, 0.3) is 11.8 Å². The number of nitrogens with one attached hydrogen (secondary N) is 2. The van der Waals surface area contributed by atoms with Crippen LogP contribution in [0, 0.1) is 0 Å². The molecule has 5 nitrogen and oxygen atoms in total. The summed E-state index contributed by atoms with van der Waals surface area (Å²) in [4.78, 5) is 23.5.